The van der Waals surface area contributed by atoms with E-state index >= 15 is 0 Å². The molecule has 1 aromatic carbocycles. The van der Waals surface area contributed by atoms with Gasteiger partial charge in [0.25, 0.3) is 0 Å². The van der Waals surface area contributed by atoms with Crippen LogP contribution in [-0.2, 0) is 4.74 Å². The quantitative estimate of drug-likeness (QED) is 0.665. The lowest BCUT2D eigenvalue weighted by atomic mass is 9.99. The van der Waals surface area contributed by atoms with E-state index < -0.39 is 24.0 Å². The van der Waals surface area contributed by atoms with Gasteiger partial charge in [0.15, 0.2) is 0 Å². The van der Waals surface area contributed by atoms with Gasteiger partial charge < -0.3 is 20.1 Å². The zero-order valence-electron chi connectivity index (χ0n) is 9.84. The monoisotopic (exact) mass is 258 g/mol. The van der Waals surface area contributed by atoms with Crippen molar-refractivity contribution in [2.75, 3.05) is 13.7 Å². The molecule has 2 unspecified atom stereocenters. The highest BCUT2D eigenvalue weighted by Crippen LogP contribution is 2.23. The van der Waals surface area contributed by atoms with Crippen LogP contribution in [0.4, 0.5) is 4.39 Å². The van der Waals surface area contributed by atoms with Gasteiger partial charge in [-0.1, -0.05) is 0 Å². The molecule has 0 spiro atoms. The van der Waals surface area contributed by atoms with Crippen molar-refractivity contribution < 1.29 is 29.2 Å². The fraction of sp³-hybridized carbons (Fsp3) is 0.417. The summed E-state index contributed by atoms with van der Waals surface area (Å²) in [5, 5.41) is 27.9. The summed E-state index contributed by atoms with van der Waals surface area (Å²) in [4.78, 5) is 11.3. The molecule has 0 radical (unpaired) electrons. The fourth-order valence-electron chi connectivity index (χ4n) is 1.51. The van der Waals surface area contributed by atoms with Gasteiger partial charge in [0.1, 0.15) is 11.9 Å². The van der Waals surface area contributed by atoms with Gasteiger partial charge in [-0.25, -0.2) is 9.18 Å². The highest BCUT2D eigenvalue weighted by atomic mass is 19.1. The first-order valence-corrected chi connectivity index (χ1v) is 5.36. The molecule has 0 bridgehead atoms. The van der Waals surface area contributed by atoms with E-state index in [4.69, 9.17) is 5.11 Å². The van der Waals surface area contributed by atoms with Crippen LogP contribution in [0.15, 0.2) is 18.2 Å². The third-order valence-electron chi connectivity index (χ3n) is 2.53. The van der Waals surface area contributed by atoms with Crippen molar-refractivity contribution in [2.24, 2.45) is 0 Å². The summed E-state index contributed by atoms with van der Waals surface area (Å²) >= 11 is 0. The smallest absolute Gasteiger partial charge is 0.337 e. The Bertz CT molecular complexity index is 421. The molecule has 5 nitrogen and oxygen atoms in total. The van der Waals surface area contributed by atoms with E-state index in [2.05, 4.69) is 4.74 Å². The topological polar surface area (TPSA) is 87.0 Å². The summed E-state index contributed by atoms with van der Waals surface area (Å²) < 4.78 is 18.0. The molecule has 0 aliphatic rings. The third-order valence-corrected chi connectivity index (χ3v) is 2.53. The molecule has 1 rings (SSSR count). The van der Waals surface area contributed by atoms with Crippen molar-refractivity contribution in [1.82, 2.24) is 0 Å². The molecule has 0 amide bonds. The number of hydrogen-bond acceptors (Lipinski definition) is 5. The van der Waals surface area contributed by atoms with Crippen molar-refractivity contribution in [1.29, 1.82) is 0 Å². The van der Waals surface area contributed by atoms with E-state index in [1.54, 1.807) is 0 Å². The van der Waals surface area contributed by atoms with Crippen molar-refractivity contribution in [3.8, 4) is 0 Å². The van der Waals surface area contributed by atoms with Gasteiger partial charge in [-0.05, 0) is 24.6 Å². The highest BCUT2D eigenvalue weighted by molar-refractivity contribution is 5.89. The van der Waals surface area contributed by atoms with Crippen LogP contribution in [-0.4, -0.2) is 41.1 Å². The van der Waals surface area contributed by atoms with E-state index in [0.29, 0.717) is 0 Å². The minimum atomic E-state index is -1.51. The van der Waals surface area contributed by atoms with Gasteiger partial charge in [-0.3, -0.25) is 0 Å². The summed E-state index contributed by atoms with van der Waals surface area (Å²) in [6, 6.07) is 3.35. The number of aliphatic hydroxyl groups excluding tert-OH is 3. The Morgan fingerprint density at radius 2 is 2.11 bits per heavy atom. The number of rotatable bonds is 5. The third kappa shape index (κ3) is 3.25. The number of aliphatic hydroxyl groups is 3. The Labute approximate surface area is 103 Å². The zero-order chi connectivity index (χ0) is 13.7. The first-order valence-electron chi connectivity index (χ1n) is 5.36. The number of ether oxygens (including phenoxy) is 1. The Kier molecular flexibility index (Phi) is 5.21. The maximum absolute atomic E-state index is 13.5. The van der Waals surface area contributed by atoms with Crippen LogP contribution in [0, 0.1) is 5.82 Å². The Morgan fingerprint density at radius 3 is 2.67 bits per heavy atom. The molecule has 0 heterocycles. The molecular formula is C12H15FO5. The normalized spacial score (nSPS) is 14.1. The summed E-state index contributed by atoms with van der Waals surface area (Å²) in [5.74, 6) is -1.41. The maximum Gasteiger partial charge on any atom is 0.337 e. The molecule has 100 valence electrons. The molecule has 0 aromatic heterocycles. The fourth-order valence-corrected chi connectivity index (χ4v) is 1.51. The molecule has 1 aromatic rings. The lowest BCUT2D eigenvalue weighted by Gasteiger charge is -2.18. The van der Waals surface area contributed by atoms with Crippen molar-refractivity contribution in [2.45, 2.75) is 18.6 Å². The number of hydrogen-bond donors (Lipinski definition) is 3. The predicted molar refractivity (Wildman–Crippen MR) is 60.4 cm³/mol. The summed E-state index contributed by atoms with van der Waals surface area (Å²) in [6.07, 6.45) is -2.91. The Hall–Kier alpha value is -1.50. The average Bonchev–Trinajstić information content (AvgIpc) is 2.37. The van der Waals surface area contributed by atoms with Crippen LogP contribution in [0.25, 0.3) is 0 Å². The Morgan fingerprint density at radius 1 is 1.44 bits per heavy atom. The number of esters is 1. The second kappa shape index (κ2) is 6.44. The molecule has 0 aliphatic heterocycles. The van der Waals surface area contributed by atoms with Crippen LogP contribution in [0.5, 0.6) is 0 Å². The van der Waals surface area contributed by atoms with E-state index in [-0.39, 0.29) is 24.2 Å². The van der Waals surface area contributed by atoms with Crippen molar-refractivity contribution in [3.05, 3.63) is 35.1 Å². The first kappa shape index (κ1) is 14.6. The van der Waals surface area contributed by atoms with E-state index in [1.807, 2.05) is 0 Å². The van der Waals surface area contributed by atoms with Gasteiger partial charge in [0, 0.05) is 12.2 Å². The van der Waals surface area contributed by atoms with Crippen LogP contribution >= 0.6 is 0 Å². The van der Waals surface area contributed by atoms with Crippen molar-refractivity contribution >= 4 is 5.97 Å². The summed E-state index contributed by atoms with van der Waals surface area (Å²) in [7, 11) is 1.18. The standard InChI is InChI=1S/C12H15FO5/c1-18-12(17)7-2-3-9(13)8(6-7)11(16)10(15)4-5-14/h2-3,6,10-11,14-16H,4-5H2,1H3. The van der Waals surface area contributed by atoms with Crippen LogP contribution in [0.1, 0.15) is 28.4 Å². The minimum Gasteiger partial charge on any atom is -0.465 e. The molecule has 6 heteroatoms. The van der Waals surface area contributed by atoms with E-state index in [9.17, 15) is 19.4 Å². The predicted octanol–water partition coefficient (Wildman–Crippen LogP) is 0.389. The SMILES string of the molecule is COC(=O)c1ccc(F)c(C(O)C(O)CCO)c1. The van der Waals surface area contributed by atoms with E-state index in [0.717, 1.165) is 12.1 Å². The molecule has 3 N–H and O–H groups in total. The molecule has 0 fully saturated rings. The number of benzene rings is 1. The maximum atomic E-state index is 13.5. The number of carbonyl (C=O) groups is 1. The average molecular weight is 258 g/mol. The highest BCUT2D eigenvalue weighted by Gasteiger charge is 2.22. The minimum absolute atomic E-state index is 0.0733. The summed E-state index contributed by atoms with van der Waals surface area (Å²) in [6.45, 7) is -0.337. The van der Waals surface area contributed by atoms with Crippen molar-refractivity contribution in [3.63, 3.8) is 0 Å². The van der Waals surface area contributed by atoms with E-state index in [1.165, 1.54) is 13.2 Å². The van der Waals surface area contributed by atoms with Crippen LogP contribution < -0.4 is 0 Å². The van der Waals surface area contributed by atoms with Crippen LogP contribution in [0.3, 0.4) is 0 Å². The molecule has 0 saturated heterocycles. The van der Waals surface area contributed by atoms with Gasteiger partial charge in [-0.2, -0.15) is 0 Å². The van der Waals surface area contributed by atoms with Gasteiger partial charge in [-0.15, -0.1) is 0 Å². The second-order valence-corrected chi connectivity index (χ2v) is 3.75. The number of methoxy groups -OCH3 is 1. The number of halogens is 1. The van der Waals surface area contributed by atoms with Gasteiger partial charge >= 0.3 is 5.97 Å². The summed E-state index contributed by atoms with van der Waals surface area (Å²) in [5.41, 5.74) is -0.136. The molecular weight excluding hydrogens is 243 g/mol. The van der Waals surface area contributed by atoms with Gasteiger partial charge in [0.2, 0.25) is 0 Å². The molecule has 2 atom stereocenters. The molecule has 0 aliphatic carbocycles. The van der Waals surface area contributed by atoms with Gasteiger partial charge in [0.05, 0.1) is 18.8 Å². The zero-order valence-corrected chi connectivity index (χ0v) is 9.84. The Balaban J connectivity index is 3.03. The second-order valence-electron chi connectivity index (χ2n) is 3.75. The first-order chi connectivity index (χ1) is 8.51. The lowest BCUT2D eigenvalue weighted by Crippen LogP contribution is -2.21. The lowest BCUT2D eigenvalue weighted by molar-refractivity contribution is 0.00228. The molecule has 0 saturated carbocycles. The molecule has 18 heavy (non-hydrogen) atoms. The number of carbonyl (C=O) groups excluding carboxylic acids is 1. The van der Waals surface area contributed by atoms with Crippen LogP contribution in [0.2, 0.25) is 0 Å². The largest absolute Gasteiger partial charge is 0.465 e.